The fourth-order valence-electron chi connectivity index (χ4n) is 6.06. The number of thiazole rings is 1. The summed E-state index contributed by atoms with van der Waals surface area (Å²) in [5, 5.41) is 30.2. The quantitative estimate of drug-likeness (QED) is 0.0406. The summed E-state index contributed by atoms with van der Waals surface area (Å²) in [4.78, 5) is 78.9. The van der Waals surface area contributed by atoms with Crippen molar-refractivity contribution >= 4 is 68.9 Å². The molecule has 0 saturated carbocycles. The first kappa shape index (κ1) is 48.7. The van der Waals surface area contributed by atoms with Crippen LogP contribution < -0.4 is 44.2 Å². The maximum absolute atomic E-state index is 13.2. The number of carboxylic acids is 1. The second kappa shape index (κ2) is 25.0. The standard InChI is InChI=1S/C20H26N6O4S.C8H18N4O2.C8H16N4O/c1-11(27)26-10-12(28)9-15(26)18(30)24-14(6-4-8-23-20(21)22)17(29)19-25-13-5-2-3-7-16(13)31-19;1-10-6(7(13)14)4-3-5-12-8(9)11-2;1-10-6-4-3-5-12(7(6)13)8(9)11-2/h2-3,5,7,12,14-15,28H,4,6,8-10H2,1H3,(H,24,30)(H4,21,22,23);6,10H,3-5H2,1-2H3,(H,13,14)(H3,9,11,12);6,10H,3-5H2,1-2H3,(H2,9,11)/t12-,14+,15+;2*6-/m100/s1. The number of fused-ring (bicyclic) bond motifs is 1. The molecular formula is C36H60N14O7S. The molecule has 0 unspecified atom stereocenters. The van der Waals surface area contributed by atoms with Crippen LogP contribution in [-0.4, -0.2) is 157 Å². The molecule has 5 atom stereocenters. The molecule has 2 aliphatic rings. The first-order valence-electron chi connectivity index (χ1n) is 18.9. The number of hydrogen-bond acceptors (Lipinski definition) is 13. The maximum atomic E-state index is 13.2. The van der Waals surface area contributed by atoms with Crippen LogP contribution in [0.15, 0.2) is 39.2 Å². The lowest BCUT2D eigenvalue weighted by molar-refractivity contribution is -0.139. The van der Waals surface area contributed by atoms with Crippen LogP contribution in [0.5, 0.6) is 0 Å². The number of ketones is 1. The average molecular weight is 833 g/mol. The molecule has 22 heteroatoms. The van der Waals surface area contributed by atoms with E-state index in [0.717, 1.165) is 24.0 Å². The Bertz CT molecular complexity index is 1730. The minimum absolute atomic E-state index is 0.0249. The van der Waals surface area contributed by atoms with Crippen LogP contribution in [0.3, 0.4) is 0 Å². The largest absolute Gasteiger partial charge is 0.480 e. The Balaban J connectivity index is 0.000000355. The average Bonchev–Trinajstić information content (AvgIpc) is 3.83. The van der Waals surface area contributed by atoms with Gasteiger partial charge in [0.2, 0.25) is 23.5 Å². The van der Waals surface area contributed by atoms with Crippen molar-refractivity contribution in [3.05, 3.63) is 29.3 Å². The maximum Gasteiger partial charge on any atom is 0.320 e. The molecular weight excluding hydrogens is 773 g/mol. The molecule has 322 valence electrons. The Morgan fingerprint density at radius 1 is 1.03 bits per heavy atom. The summed E-state index contributed by atoms with van der Waals surface area (Å²) in [6.07, 6.45) is 3.25. The van der Waals surface area contributed by atoms with Gasteiger partial charge in [-0.3, -0.25) is 43.8 Å². The number of aliphatic imine (C=N–C) groups is 3. The molecule has 4 rings (SSSR count). The number of piperidine rings is 1. The van der Waals surface area contributed by atoms with E-state index in [0.29, 0.717) is 61.3 Å². The van der Waals surface area contributed by atoms with Crippen molar-refractivity contribution in [2.75, 3.05) is 54.4 Å². The number of aliphatic carboxylic acids is 1. The first-order chi connectivity index (χ1) is 27.6. The van der Waals surface area contributed by atoms with Gasteiger partial charge < -0.3 is 59.3 Å². The van der Waals surface area contributed by atoms with Gasteiger partial charge in [-0.05, 0) is 64.8 Å². The van der Waals surface area contributed by atoms with Crippen molar-refractivity contribution in [1.82, 2.24) is 36.1 Å². The van der Waals surface area contributed by atoms with Crippen LogP contribution in [0.25, 0.3) is 10.2 Å². The number of amides is 3. The summed E-state index contributed by atoms with van der Waals surface area (Å²) in [7, 11) is 6.60. The van der Waals surface area contributed by atoms with E-state index in [2.05, 4.69) is 41.2 Å². The number of hydrogen-bond donors (Lipinski definition) is 10. The molecule has 0 radical (unpaired) electrons. The van der Waals surface area contributed by atoms with Crippen molar-refractivity contribution in [2.24, 2.45) is 37.9 Å². The van der Waals surface area contributed by atoms with E-state index in [-0.39, 0.29) is 42.6 Å². The zero-order valence-electron chi connectivity index (χ0n) is 33.8. The summed E-state index contributed by atoms with van der Waals surface area (Å²) in [6, 6.07) is 5.13. The number of aromatic nitrogens is 1. The Hall–Kier alpha value is -5.45. The number of Topliss-reactive ketones (excluding diaryl/α,β-unsaturated/α-hetero) is 1. The molecule has 0 bridgehead atoms. The zero-order valence-corrected chi connectivity index (χ0v) is 34.6. The third-order valence-electron chi connectivity index (χ3n) is 9.22. The van der Waals surface area contributed by atoms with E-state index in [4.69, 9.17) is 28.0 Å². The molecule has 3 heterocycles. The Morgan fingerprint density at radius 3 is 2.31 bits per heavy atom. The summed E-state index contributed by atoms with van der Waals surface area (Å²) in [6.45, 7) is 3.06. The van der Waals surface area contributed by atoms with Crippen molar-refractivity contribution in [1.29, 1.82) is 0 Å². The van der Waals surface area contributed by atoms with Gasteiger partial charge in [-0.15, -0.1) is 11.3 Å². The number of rotatable bonds is 15. The molecule has 3 amide bonds. The van der Waals surface area contributed by atoms with E-state index in [9.17, 15) is 29.1 Å². The molecule has 21 nitrogen and oxygen atoms in total. The number of aliphatic hydroxyl groups excluding tert-OH is 1. The second-order valence-electron chi connectivity index (χ2n) is 13.4. The van der Waals surface area contributed by atoms with Gasteiger partial charge >= 0.3 is 5.97 Å². The van der Waals surface area contributed by atoms with Crippen LogP contribution >= 0.6 is 11.3 Å². The predicted octanol–water partition coefficient (Wildman–Crippen LogP) is -1.89. The summed E-state index contributed by atoms with van der Waals surface area (Å²) in [5.74, 6) is -1.26. The molecule has 0 spiro atoms. The van der Waals surface area contributed by atoms with E-state index in [1.54, 1.807) is 28.2 Å². The number of guanidine groups is 3. The fraction of sp³-hybridized carbons (Fsp3) is 0.583. The number of β-amino-alcohol motifs (C(OH)–C–C–N with tert-alkyl or cyclic N) is 1. The Kier molecular flexibility index (Phi) is 21.0. The highest BCUT2D eigenvalue weighted by Crippen LogP contribution is 2.24. The number of carboxylic acid groups (broad SMARTS) is 1. The van der Waals surface area contributed by atoms with Crippen molar-refractivity contribution < 1.29 is 34.2 Å². The minimum atomic E-state index is -0.853. The molecule has 1 aromatic carbocycles. The molecule has 2 aromatic rings. The van der Waals surface area contributed by atoms with Crippen molar-refractivity contribution in [2.45, 2.75) is 82.1 Å². The van der Waals surface area contributed by atoms with Crippen molar-refractivity contribution in [3.8, 4) is 0 Å². The number of para-hydroxylation sites is 1. The molecule has 0 aliphatic carbocycles. The normalized spacial score (nSPS) is 19.2. The summed E-state index contributed by atoms with van der Waals surface area (Å²) >= 11 is 1.26. The van der Waals surface area contributed by atoms with Gasteiger partial charge in [0.05, 0.1) is 28.4 Å². The summed E-state index contributed by atoms with van der Waals surface area (Å²) < 4.78 is 0.873. The predicted molar refractivity (Wildman–Crippen MR) is 224 cm³/mol. The topological polar surface area (TPSA) is 334 Å². The molecule has 2 saturated heterocycles. The third-order valence-corrected chi connectivity index (χ3v) is 10.3. The summed E-state index contributed by atoms with van der Waals surface area (Å²) in [5.41, 5.74) is 22.4. The van der Waals surface area contributed by atoms with E-state index in [1.807, 2.05) is 24.3 Å². The van der Waals surface area contributed by atoms with Gasteiger partial charge in [0, 0.05) is 53.6 Å². The van der Waals surface area contributed by atoms with Crippen molar-refractivity contribution in [3.63, 3.8) is 0 Å². The van der Waals surface area contributed by atoms with Gasteiger partial charge in [-0.25, -0.2) is 4.98 Å². The number of nitrogens with one attached hydrogen (secondary N) is 4. The van der Waals surface area contributed by atoms with Crippen LogP contribution in [-0.2, 0) is 19.2 Å². The zero-order chi connectivity index (χ0) is 43.4. The third kappa shape index (κ3) is 15.5. The highest BCUT2D eigenvalue weighted by atomic mass is 32.1. The lowest BCUT2D eigenvalue weighted by Crippen LogP contribution is -2.54. The Morgan fingerprint density at radius 2 is 1.72 bits per heavy atom. The smallest absolute Gasteiger partial charge is 0.320 e. The highest BCUT2D eigenvalue weighted by Gasteiger charge is 2.39. The highest BCUT2D eigenvalue weighted by molar-refractivity contribution is 7.20. The van der Waals surface area contributed by atoms with Crippen LogP contribution in [0.1, 0.15) is 61.7 Å². The van der Waals surface area contributed by atoms with Gasteiger partial charge in [0.25, 0.3) is 0 Å². The first-order valence-corrected chi connectivity index (χ1v) is 19.7. The molecule has 14 N–H and O–H groups in total. The number of likely N-dealkylation sites (N-methyl/N-ethyl adjacent to an activating group) is 2. The number of nitrogens with zero attached hydrogens (tertiary/aromatic N) is 6. The van der Waals surface area contributed by atoms with Gasteiger partial charge in [-0.1, -0.05) is 12.1 Å². The fourth-order valence-corrected chi connectivity index (χ4v) is 7.02. The van der Waals surface area contributed by atoms with E-state index < -0.39 is 36.1 Å². The monoisotopic (exact) mass is 832 g/mol. The number of aliphatic hydroxyl groups is 1. The molecule has 2 fully saturated rings. The number of carbonyl (C=O) groups excluding carboxylic acids is 4. The van der Waals surface area contributed by atoms with Gasteiger partial charge in [0.1, 0.15) is 12.1 Å². The van der Waals surface area contributed by atoms with Crippen LogP contribution in [0.4, 0.5) is 0 Å². The number of likely N-dealkylation sites (tertiary alicyclic amines) is 2. The molecule has 2 aliphatic heterocycles. The molecule has 1 aromatic heterocycles. The Labute approximate surface area is 342 Å². The van der Waals surface area contributed by atoms with Crippen LogP contribution in [0.2, 0.25) is 0 Å². The lowest BCUT2D eigenvalue weighted by atomic mass is 10.1. The number of carbonyl (C=O) groups is 5. The molecule has 58 heavy (non-hydrogen) atoms. The van der Waals surface area contributed by atoms with E-state index >= 15 is 0 Å². The van der Waals surface area contributed by atoms with Gasteiger partial charge in [0.15, 0.2) is 22.9 Å². The SMILES string of the molecule is CC(=O)N1C[C@H](O)C[C@H]1C(=O)N[C@@H](CCCN=C(N)N)C(=O)c1nc2ccccc2s1.CN=C(N)N1CCC[C@H](NC)C1=O.CN=C(N)NCCC[C@H](NC)C(=O)O. The van der Waals surface area contributed by atoms with E-state index in [1.165, 1.54) is 28.1 Å². The number of nitrogens with two attached hydrogens (primary N) is 4. The van der Waals surface area contributed by atoms with Gasteiger partial charge in [-0.2, -0.15) is 0 Å². The number of benzene rings is 1. The second-order valence-corrected chi connectivity index (χ2v) is 14.4. The lowest BCUT2D eigenvalue weighted by Gasteiger charge is -2.30. The minimum Gasteiger partial charge on any atom is -0.480 e. The van der Waals surface area contributed by atoms with Crippen LogP contribution in [0, 0.1) is 0 Å².